The Kier molecular flexibility index (Phi) is 20.1. The summed E-state index contributed by atoms with van der Waals surface area (Å²) in [6.45, 7) is 11.8. The number of ether oxygens (including phenoxy) is 4. The van der Waals surface area contributed by atoms with Crippen LogP contribution in [-0.4, -0.2) is 38.0 Å². The van der Waals surface area contributed by atoms with Crippen molar-refractivity contribution in [2.45, 2.75) is 84.2 Å². The SMILES string of the molecule is C=C=CC(=O)CCCCOCc1ccccc1COCCCCCOCc1ccccc1COCCCCC(=O)C=C=C. The molecule has 0 heterocycles. The van der Waals surface area contributed by atoms with Crippen LogP contribution in [0, 0.1) is 0 Å². The zero-order valence-corrected chi connectivity index (χ0v) is 25.7. The molecule has 2 aromatic rings. The minimum Gasteiger partial charge on any atom is -0.377 e. The summed E-state index contributed by atoms with van der Waals surface area (Å²) in [5, 5.41) is 0. The van der Waals surface area contributed by atoms with Crippen molar-refractivity contribution in [1.29, 1.82) is 0 Å². The Morgan fingerprint density at radius 1 is 0.512 bits per heavy atom. The molecule has 0 radical (unpaired) electrons. The van der Waals surface area contributed by atoms with Crippen molar-refractivity contribution in [3.63, 3.8) is 0 Å². The Labute approximate surface area is 258 Å². The first-order chi connectivity index (χ1) is 21.1. The van der Waals surface area contributed by atoms with Crippen LogP contribution in [-0.2, 0) is 55.0 Å². The molecule has 0 saturated carbocycles. The Hall–Kier alpha value is -3.34. The summed E-state index contributed by atoms with van der Waals surface area (Å²) in [6, 6.07) is 16.4. The molecule has 0 atom stereocenters. The van der Waals surface area contributed by atoms with E-state index in [1.54, 1.807) is 0 Å². The Balaban J connectivity index is 1.52. The van der Waals surface area contributed by atoms with Crippen LogP contribution in [0.4, 0.5) is 0 Å². The highest BCUT2D eigenvalue weighted by molar-refractivity contribution is 5.89. The lowest BCUT2D eigenvalue weighted by Gasteiger charge is -2.12. The lowest BCUT2D eigenvalue weighted by Crippen LogP contribution is -2.04. The van der Waals surface area contributed by atoms with Gasteiger partial charge in [-0.05, 0) is 67.2 Å². The predicted molar refractivity (Wildman–Crippen MR) is 170 cm³/mol. The predicted octanol–water partition coefficient (Wildman–Crippen LogP) is 7.78. The quantitative estimate of drug-likeness (QED) is 0.0635. The lowest BCUT2D eigenvalue weighted by atomic mass is 10.1. The van der Waals surface area contributed by atoms with E-state index in [0.717, 1.165) is 67.2 Å². The zero-order chi connectivity index (χ0) is 30.8. The van der Waals surface area contributed by atoms with E-state index in [2.05, 4.69) is 48.9 Å². The minimum atomic E-state index is 0.0603. The number of unbranched alkanes of at least 4 members (excludes halogenated alkanes) is 4. The number of carbonyl (C=O) groups excluding carboxylic acids is 2. The van der Waals surface area contributed by atoms with Crippen LogP contribution in [0.25, 0.3) is 0 Å². The lowest BCUT2D eigenvalue weighted by molar-refractivity contribution is -0.115. The van der Waals surface area contributed by atoms with E-state index < -0.39 is 0 Å². The van der Waals surface area contributed by atoms with Crippen LogP contribution in [0.2, 0.25) is 0 Å². The van der Waals surface area contributed by atoms with Gasteiger partial charge in [0.25, 0.3) is 0 Å². The van der Waals surface area contributed by atoms with E-state index in [1.165, 1.54) is 12.2 Å². The van der Waals surface area contributed by atoms with Gasteiger partial charge in [-0.2, -0.15) is 0 Å². The van der Waals surface area contributed by atoms with E-state index in [1.807, 2.05) is 24.3 Å². The van der Waals surface area contributed by atoms with Gasteiger partial charge >= 0.3 is 0 Å². The van der Waals surface area contributed by atoms with Crippen LogP contribution in [0.3, 0.4) is 0 Å². The van der Waals surface area contributed by atoms with E-state index in [0.29, 0.717) is 65.7 Å². The molecule has 43 heavy (non-hydrogen) atoms. The first-order valence-electron chi connectivity index (χ1n) is 15.4. The maximum atomic E-state index is 11.5. The monoisotopic (exact) mass is 588 g/mol. The van der Waals surface area contributed by atoms with Crippen LogP contribution in [0.15, 0.2) is 85.3 Å². The number of carbonyl (C=O) groups is 2. The molecule has 6 nitrogen and oxygen atoms in total. The molecule has 0 aliphatic carbocycles. The van der Waals surface area contributed by atoms with E-state index >= 15 is 0 Å². The molecule has 0 spiro atoms. The molecule has 0 bridgehead atoms. The molecule has 0 saturated heterocycles. The smallest absolute Gasteiger partial charge is 0.163 e. The number of ketones is 2. The third kappa shape index (κ3) is 17.4. The molecule has 232 valence electrons. The van der Waals surface area contributed by atoms with Gasteiger partial charge in [-0.25, -0.2) is 0 Å². The van der Waals surface area contributed by atoms with Crippen LogP contribution in [0.1, 0.15) is 80.0 Å². The molecule has 0 unspecified atom stereocenters. The van der Waals surface area contributed by atoms with Crippen molar-refractivity contribution in [3.05, 3.63) is 108 Å². The summed E-state index contributed by atoms with van der Waals surface area (Å²) in [5.74, 6) is 0.121. The molecular weight excluding hydrogens is 540 g/mol. The first-order valence-corrected chi connectivity index (χ1v) is 15.4. The number of rotatable bonds is 26. The van der Waals surface area contributed by atoms with Gasteiger partial charge in [-0.3, -0.25) is 9.59 Å². The Bertz CT molecular complexity index is 1080. The van der Waals surface area contributed by atoms with Gasteiger partial charge in [-0.15, -0.1) is 11.5 Å². The first kappa shape index (κ1) is 35.9. The fourth-order valence-corrected chi connectivity index (χ4v) is 4.37. The van der Waals surface area contributed by atoms with Crippen molar-refractivity contribution < 1.29 is 28.5 Å². The maximum absolute atomic E-state index is 11.5. The molecule has 6 heteroatoms. The summed E-state index contributed by atoms with van der Waals surface area (Å²) in [5.41, 5.74) is 9.61. The molecule has 0 aliphatic heterocycles. The maximum Gasteiger partial charge on any atom is 0.163 e. The summed E-state index contributed by atoms with van der Waals surface area (Å²) in [4.78, 5) is 22.9. The van der Waals surface area contributed by atoms with Crippen molar-refractivity contribution in [3.8, 4) is 0 Å². The molecule has 0 amide bonds. The zero-order valence-electron chi connectivity index (χ0n) is 25.7. The molecule has 0 fully saturated rings. The van der Waals surface area contributed by atoms with Crippen LogP contribution >= 0.6 is 0 Å². The van der Waals surface area contributed by atoms with Crippen LogP contribution < -0.4 is 0 Å². The molecule has 0 aliphatic rings. The second-order valence-corrected chi connectivity index (χ2v) is 10.4. The van der Waals surface area contributed by atoms with Gasteiger partial charge in [0, 0.05) is 51.4 Å². The van der Waals surface area contributed by atoms with E-state index in [4.69, 9.17) is 18.9 Å². The van der Waals surface area contributed by atoms with Gasteiger partial charge in [0.2, 0.25) is 0 Å². The summed E-state index contributed by atoms with van der Waals surface area (Å²) in [7, 11) is 0. The van der Waals surface area contributed by atoms with Crippen LogP contribution in [0.5, 0.6) is 0 Å². The van der Waals surface area contributed by atoms with Crippen molar-refractivity contribution in [1.82, 2.24) is 0 Å². The van der Waals surface area contributed by atoms with Gasteiger partial charge in [0.05, 0.1) is 26.4 Å². The van der Waals surface area contributed by atoms with Crippen molar-refractivity contribution in [2.75, 3.05) is 26.4 Å². The molecule has 0 aromatic heterocycles. The third-order valence-electron chi connectivity index (χ3n) is 6.79. The highest BCUT2D eigenvalue weighted by Crippen LogP contribution is 2.14. The number of hydrogen-bond acceptors (Lipinski definition) is 6. The third-order valence-corrected chi connectivity index (χ3v) is 6.79. The highest BCUT2D eigenvalue weighted by Gasteiger charge is 2.05. The summed E-state index contributed by atoms with van der Waals surface area (Å²) in [6.07, 6.45) is 10.1. The van der Waals surface area contributed by atoms with Gasteiger partial charge < -0.3 is 18.9 Å². The van der Waals surface area contributed by atoms with Gasteiger partial charge in [-0.1, -0.05) is 61.7 Å². The second-order valence-electron chi connectivity index (χ2n) is 10.4. The van der Waals surface area contributed by atoms with E-state index in [-0.39, 0.29) is 11.6 Å². The van der Waals surface area contributed by atoms with Gasteiger partial charge in [0.15, 0.2) is 11.6 Å². The standard InChI is InChI=1S/C37H48O6/c1-3-16-36(38)22-10-14-26-42-30-34-20-8-6-18-32(34)28-40-24-12-5-13-25-41-29-33-19-7-9-21-35(33)31-43-27-15-11-23-37(39)17-4-2/h6-9,16-21H,1-2,5,10-15,22-31H2. The number of hydrogen-bond donors (Lipinski definition) is 0. The molecule has 0 N–H and O–H groups in total. The second kappa shape index (κ2) is 24.1. The fourth-order valence-electron chi connectivity index (χ4n) is 4.37. The topological polar surface area (TPSA) is 71.1 Å². The average molecular weight is 589 g/mol. The van der Waals surface area contributed by atoms with Crippen molar-refractivity contribution in [2.24, 2.45) is 0 Å². The molecule has 2 aromatic carbocycles. The van der Waals surface area contributed by atoms with Gasteiger partial charge in [0.1, 0.15) is 0 Å². The Morgan fingerprint density at radius 3 is 1.12 bits per heavy atom. The minimum absolute atomic E-state index is 0.0603. The highest BCUT2D eigenvalue weighted by atomic mass is 16.5. The molecular formula is C37H48O6. The normalized spacial score (nSPS) is 10.6. The summed E-state index contributed by atoms with van der Waals surface area (Å²) < 4.78 is 23.6. The molecule has 2 rings (SSSR count). The Morgan fingerprint density at radius 2 is 0.814 bits per heavy atom. The largest absolute Gasteiger partial charge is 0.377 e. The number of benzene rings is 2. The number of allylic oxidation sites excluding steroid dienone is 2. The van der Waals surface area contributed by atoms with Crippen molar-refractivity contribution >= 4 is 11.6 Å². The average Bonchev–Trinajstić information content (AvgIpc) is 3.01. The van der Waals surface area contributed by atoms with E-state index in [9.17, 15) is 9.59 Å². The summed E-state index contributed by atoms with van der Waals surface area (Å²) >= 11 is 0. The fraction of sp³-hybridized carbons (Fsp3) is 0.459.